The van der Waals surface area contributed by atoms with Crippen LogP contribution in [0, 0.1) is 11.7 Å². The molecular formula is C20H21FN2O2. The van der Waals surface area contributed by atoms with E-state index in [0.717, 1.165) is 24.2 Å². The number of fused-ring (bicyclic) bond motifs is 3. The van der Waals surface area contributed by atoms with Gasteiger partial charge in [0.2, 0.25) is 0 Å². The van der Waals surface area contributed by atoms with Crippen LogP contribution in [0.5, 0.6) is 5.75 Å². The van der Waals surface area contributed by atoms with E-state index < -0.39 is 0 Å². The Labute approximate surface area is 146 Å². The second kappa shape index (κ2) is 6.48. The number of nitrogens with zero attached hydrogens (tertiary/aromatic N) is 1. The van der Waals surface area contributed by atoms with Crippen molar-refractivity contribution < 1.29 is 13.9 Å². The molecule has 2 aromatic carbocycles. The van der Waals surface area contributed by atoms with Gasteiger partial charge in [-0.15, -0.1) is 0 Å². The first-order valence-electron chi connectivity index (χ1n) is 8.58. The highest BCUT2D eigenvalue weighted by Crippen LogP contribution is 2.36. The third-order valence-corrected chi connectivity index (χ3v) is 5.11. The van der Waals surface area contributed by atoms with E-state index >= 15 is 0 Å². The van der Waals surface area contributed by atoms with Crippen LogP contribution in [-0.2, 0) is 6.61 Å². The molecule has 0 saturated carbocycles. The molecule has 1 fully saturated rings. The minimum absolute atomic E-state index is 0.0386. The second-order valence-corrected chi connectivity index (χ2v) is 6.97. The first kappa shape index (κ1) is 16.1. The summed E-state index contributed by atoms with van der Waals surface area (Å²) >= 11 is 0. The number of hydrogen-bond donors (Lipinski definition) is 1. The molecule has 2 aliphatic heterocycles. The third-order valence-electron chi connectivity index (χ3n) is 5.11. The molecule has 2 heterocycles. The van der Waals surface area contributed by atoms with E-state index in [9.17, 15) is 9.18 Å². The predicted molar refractivity (Wildman–Crippen MR) is 93.2 cm³/mol. The van der Waals surface area contributed by atoms with Gasteiger partial charge in [0, 0.05) is 31.1 Å². The van der Waals surface area contributed by atoms with E-state index in [1.807, 2.05) is 24.3 Å². The topological polar surface area (TPSA) is 41.6 Å². The van der Waals surface area contributed by atoms with Gasteiger partial charge in [0.15, 0.2) is 0 Å². The molecule has 4 nitrogen and oxygen atoms in total. The third kappa shape index (κ3) is 3.24. The van der Waals surface area contributed by atoms with Gasteiger partial charge in [-0.3, -0.25) is 4.79 Å². The van der Waals surface area contributed by atoms with Gasteiger partial charge in [0.1, 0.15) is 18.2 Å². The van der Waals surface area contributed by atoms with Crippen molar-refractivity contribution in [1.82, 2.24) is 10.2 Å². The Morgan fingerprint density at radius 3 is 2.96 bits per heavy atom. The molecule has 1 N–H and O–H groups in total. The van der Waals surface area contributed by atoms with Crippen LogP contribution < -0.4 is 10.1 Å². The minimum Gasteiger partial charge on any atom is -0.489 e. The predicted octanol–water partition coefficient (Wildman–Crippen LogP) is 2.79. The summed E-state index contributed by atoms with van der Waals surface area (Å²) in [7, 11) is 2.12. The van der Waals surface area contributed by atoms with Crippen molar-refractivity contribution in [1.29, 1.82) is 0 Å². The van der Waals surface area contributed by atoms with Crippen LogP contribution >= 0.6 is 0 Å². The van der Waals surface area contributed by atoms with Crippen LogP contribution in [0.25, 0.3) is 0 Å². The highest BCUT2D eigenvalue weighted by atomic mass is 19.1. The van der Waals surface area contributed by atoms with Gasteiger partial charge in [0.05, 0.1) is 0 Å². The average molecular weight is 340 g/mol. The van der Waals surface area contributed by atoms with Gasteiger partial charge in [-0.05, 0) is 48.4 Å². The second-order valence-electron chi connectivity index (χ2n) is 6.97. The van der Waals surface area contributed by atoms with Gasteiger partial charge in [-0.2, -0.15) is 0 Å². The molecule has 2 aliphatic rings. The molecule has 1 saturated heterocycles. The quantitative estimate of drug-likeness (QED) is 0.934. The molecular weight excluding hydrogens is 319 g/mol. The van der Waals surface area contributed by atoms with Crippen LogP contribution in [0.1, 0.15) is 27.4 Å². The molecule has 0 unspecified atom stereocenters. The molecule has 130 valence electrons. The maximum atomic E-state index is 13.3. The van der Waals surface area contributed by atoms with Crippen molar-refractivity contribution in [3.05, 3.63) is 65.0 Å². The fourth-order valence-electron chi connectivity index (χ4n) is 3.90. The van der Waals surface area contributed by atoms with E-state index in [4.69, 9.17) is 4.74 Å². The van der Waals surface area contributed by atoms with E-state index in [-0.39, 0.29) is 18.3 Å². The Morgan fingerprint density at radius 2 is 2.12 bits per heavy atom. The number of halogens is 1. The van der Waals surface area contributed by atoms with Crippen molar-refractivity contribution in [2.24, 2.45) is 5.92 Å². The van der Waals surface area contributed by atoms with E-state index in [1.54, 1.807) is 6.07 Å². The van der Waals surface area contributed by atoms with Crippen molar-refractivity contribution >= 4 is 5.91 Å². The number of amides is 1. The number of likely N-dealkylation sites (N-methyl/N-ethyl adjacent to an activating group) is 1. The number of likely N-dealkylation sites (tertiary alicyclic amines) is 1. The molecule has 0 spiro atoms. The lowest BCUT2D eigenvalue weighted by atomic mass is 9.87. The monoisotopic (exact) mass is 340 g/mol. The lowest BCUT2D eigenvalue weighted by Crippen LogP contribution is -2.29. The first-order chi connectivity index (χ1) is 12.1. The van der Waals surface area contributed by atoms with Crippen LogP contribution in [0.15, 0.2) is 42.5 Å². The first-order valence-corrected chi connectivity index (χ1v) is 8.58. The Kier molecular flexibility index (Phi) is 4.17. The maximum Gasteiger partial charge on any atom is 0.251 e. The highest BCUT2D eigenvalue weighted by molar-refractivity contribution is 5.96. The molecule has 2 aromatic rings. The molecule has 0 aliphatic carbocycles. The summed E-state index contributed by atoms with van der Waals surface area (Å²) in [6.07, 6.45) is 0. The lowest BCUT2D eigenvalue weighted by Gasteiger charge is -2.17. The molecule has 25 heavy (non-hydrogen) atoms. The number of ether oxygens (including phenoxy) is 1. The molecule has 0 aromatic heterocycles. The minimum atomic E-state index is -0.279. The Balaban J connectivity index is 1.57. The summed E-state index contributed by atoms with van der Waals surface area (Å²) in [5.41, 5.74) is 2.55. The summed E-state index contributed by atoms with van der Waals surface area (Å²) in [4.78, 5) is 14.8. The fourth-order valence-corrected chi connectivity index (χ4v) is 3.90. The number of rotatable bonds is 3. The number of nitrogens with one attached hydrogen (secondary N) is 1. The smallest absolute Gasteiger partial charge is 0.251 e. The number of carbonyl (C=O) groups excluding carboxylic acids is 1. The fraction of sp³-hybridized carbons (Fsp3) is 0.350. The standard InChI is InChI=1S/C20H21FN2O2/c1-23-10-14-9-22-20(24)18-8-16(5-6-17(18)19(14)11-23)25-12-13-3-2-4-15(21)7-13/h2-8,14,19H,9-12H2,1H3,(H,22,24)/t14-,19-/m1/s1. The summed E-state index contributed by atoms with van der Waals surface area (Å²) < 4.78 is 19.0. The zero-order chi connectivity index (χ0) is 17.4. The van der Waals surface area contributed by atoms with Crippen LogP contribution in [-0.4, -0.2) is 37.5 Å². The normalized spacial score (nSPS) is 22.7. The van der Waals surface area contributed by atoms with Gasteiger partial charge < -0.3 is 15.0 Å². The molecule has 5 heteroatoms. The van der Waals surface area contributed by atoms with Crippen molar-refractivity contribution in [2.75, 3.05) is 26.7 Å². The highest BCUT2D eigenvalue weighted by Gasteiger charge is 2.36. The number of benzene rings is 2. The summed E-state index contributed by atoms with van der Waals surface area (Å²) in [5, 5.41) is 3.03. The molecule has 4 rings (SSSR count). The zero-order valence-electron chi connectivity index (χ0n) is 14.2. The van der Waals surface area contributed by atoms with E-state index in [0.29, 0.717) is 29.7 Å². The van der Waals surface area contributed by atoms with Crippen molar-refractivity contribution in [2.45, 2.75) is 12.5 Å². The Morgan fingerprint density at radius 1 is 1.24 bits per heavy atom. The number of hydrogen-bond acceptors (Lipinski definition) is 3. The average Bonchev–Trinajstić information content (AvgIpc) is 2.93. The summed E-state index contributed by atoms with van der Waals surface area (Å²) in [6.45, 7) is 2.95. The lowest BCUT2D eigenvalue weighted by molar-refractivity contribution is 0.0951. The van der Waals surface area contributed by atoms with E-state index in [1.165, 1.54) is 12.1 Å². The molecule has 0 radical (unpaired) electrons. The van der Waals surface area contributed by atoms with E-state index in [2.05, 4.69) is 17.3 Å². The van der Waals surface area contributed by atoms with Gasteiger partial charge >= 0.3 is 0 Å². The maximum absolute atomic E-state index is 13.3. The zero-order valence-corrected chi connectivity index (χ0v) is 14.2. The van der Waals surface area contributed by atoms with Crippen molar-refractivity contribution in [3.63, 3.8) is 0 Å². The molecule has 1 amide bonds. The van der Waals surface area contributed by atoms with Crippen LogP contribution in [0.3, 0.4) is 0 Å². The molecule has 2 atom stereocenters. The molecule has 0 bridgehead atoms. The summed E-state index contributed by atoms with van der Waals surface area (Å²) in [6, 6.07) is 12.1. The number of carbonyl (C=O) groups is 1. The van der Waals surface area contributed by atoms with Crippen molar-refractivity contribution in [3.8, 4) is 5.75 Å². The summed E-state index contributed by atoms with van der Waals surface area (Å²) in [5.74, 6) is 1.13. The Hall–Kier alpha value is -2.40. The van der Waals surface area contributed by atoms with Crippen LogP contribution in [0.2, 0.25) is 0 Å². The SMILES string of the molecule is CN1C[C@H]2CNC(=O)c3cc(OCc4cccc(F)c4)ccc3[C@@H]2C1. The van der Waals surface area contributed by atoms with Crippen LogP contribution in [0.4, 0.5) is 4.39 Å². The van der Waals surface area contributed by atoms with Gasteiger partial charge in [-0.25, -0.2) is 4.39 Å². The Bertz CT molecular complexity index is 808. The largest absolute Gasteiger partial charge is 0.489 e. The van der Waals surface area contributed by atoms with Gasteiger partial charge in [-0.1, -0.05) is 18.2 Å². The van der Waals surface area contributed by atoms with Gasteiger partial charge in [0.25, 0.3) is 5.91 Å².